The minimum absolute atomic E-state index is 0.313. The van der Waals surface area contributed by atoms with Gasteiger partial charge >= 0.3 is 6.03 Å². The third-order valence-corrected chi connectivity index (χ3v) is 3.61. The Morgan fingerprint density at radius 3 is 2.75 bits per heavy atom. The lowest BCUT2D eigenvalue weighted by Gasteiger charge is -2.18. The van der Waals surface area contributed by atoms with Gasteiger partial charge in [-0.25, -0.2) is 14.2 Å². The summed E-state index contributed by atoms with van der Waals surface area (Å²) in [4.78, 5) is 17.8. The third kappa shape index (κ3) is 3.27. The van der Waals surface area contributed by atoms with E-state index in [0.717, 1.165) is 0 Å². The van der Waals surface area contributed by atoms with E-state index in [2.05, 4.69) is 15.4 Å². The third-order valence-electron chi connectivity index (χ3n) is 3.61. The Hall–Kier alpha value is -3.16. The average Bonchev–Trinajstić information content (AvgIpc) is 3.22. The Labute approximate surface area is 138 Å². The number of nitrogens with one attached hydrogen (secondary N) is 1. The minimum atomic E-state index is -0.364. The van der Waals surface area contributed by atoms with Crippen molar-refractivity contribution in [3.8, 4) is 5.69 Å². The van der Waals surface area contributed by atoms with Gasteiger partial charge in [0.25, 0.3) is 0 Å². The first kappa shape index (κ1) is 15.7. The second-order valence-corrected chi connectivity index (χ2v) is 5.34. The van der Waals surface area contributed by atoms with Gasteiger partial charge in [0, 0.05) is 32.2 Å². The zero-order valence-electron chi connectivity index (χ0n) is 13.3. The van der Waals surface area contributed by atoms with Crippen molar-refractivity contribution in [3.05, 3.63) is 60.7 Å². The van der Waals surface area contributed by atoms with Gasteiger partial charge in [-0.05, 0) is 30.3 Å². The van der Waals surface area contributed by atoms with Crippen LogP contribution >= 0.6 is 0 Å². The van der Waals surface area contributed by atoms with Gasteiger partial charge in [0.15, 0.2) is 0 Å². The molecule has 24 heavy (non-hydrogen) atoms. The largest absolute Gasteiger partial charge is 0.321 e. The molecule has 0 bridgehead atoms. The van der Waals surface area contributed by atoms with Gasteiger partial charge in [-0.3, -0.25) is 4.68 Å². The molecule has 0 saturated heterocycles. The molecule has 0 unspecified atom stereocenters. The first-order valence-electron chi connectivity index (χ1n) is 7.32. The Morgan fingerprint density at radius 1 is 1.33 bits per heavy atom. The van der Waals surface area contributed by atoms with Gasteiger partial charge in [-0.1, -0.05) is 0 Å². The summed E-state index contributed by atoms with van der Waals surface area (Å²) in [6.45, 7) is 0.313. The molecule has 7 nitrogen and oxygen atoms in total. The number of hydrogen-bond donors (Lipinski definition) is 1. The molecule has 0 aliphatic carbocycles. The number of nitrogens with zero attached hydrogens (tertiary/aromatic N) is 5. The van der Waals surface area contributed by atoms with Gasteiger partial charge in [0.2, 0.25) is 0 Å². The van der Waals surface area contributed by atoms with Crippen LogP contribution in [-0.2, 0) is 13.6 Å². The van der Waals surface area contributed by atoms with Gasteiger partial charge in [0.1, 0.15) is 18.0 Å². The van der Waals surface area contributed by atoms with Crippen molar-refractivity contribution in [3.63, 3.8) is 0 Å². The lowest BCUT2D eigenvalue weighted by molar-refractivity contribution is 0.219. The average molecular weight is 328 g/mol. The number of amides is 2. The zero-order valence-corrected chi connectivity index (χ0v) is 13.3. The van der Waals surface area contributed by atoms with E-state index in [0.29, 0.717) is 23.7 Å². The molecule has 1 N–H and O–H groups in total. The van der Waals surface area contributed by atoms with Crippen LogP contribution in [0.4, 0.5) is 14.9 Å². The fourth-order valence-corrected chi connectivity index (χ4v) is 2.25. The van der Waals surface area contributed by atoms with Gasteiger partial charge in [-0.15, -0.1) is 0 Å². The molecule has 124 valence electrons. The zero-order chi connectivity index (χ0) is 17.1. The van der Waals surface area contributed by atoms with Crippen LogP contribution in [0.1, 0.15) is 5.82 Å². The molecule has 1 aromatic carbocycles. The predicted molar refractivity (Wildman–Crippen MR) is 87.2 cm³/mol. The van der Waals surface area contributed by atoms with Crippen LogP contribution in [0, 0.1) is 5.82 Å². The molecule has 0 aliphatic rings. The van der Waals surface area contributed by atoms with E-state index in [1.165, 1.54) is 23.4 Å². The molecule has 0 atom stereocenters. The molecular weight excluding hydrogens is 311 g/mol. The predicted octanol–water partition coefficient (Wildman–Crippen LogP) is 2.41. The number of anilines is 1. The molecule has 0 spiro atoms. The summed E-state index contributed by atoms with van der Waals surface area (Å²) in [6.07, 6.45) is 4.92. The van der Waals surface area contributed by atoms with Crippen LogP contribution in [0.25, 0.3) is 5.69 Å². The van der Waals surface area contributed by atoms with E-state index in [1.807, 2.05) is 0 Å². The number of carbonyl (C=O) groups excluding carboxylic acids is 1. The maximum atomic E-state index is 14.0. The minimum Gasteiger partial charge on any atom is -0.321 e. The Balaban J connectivity index is 1.72. The number of aromatic nitrogens is 4. The quantitative estimate of drug-likeness (QED) is 0.800. The van der Waals surface area contributed by atoms with Crippen LogP contribution in [0.5, 0.6) is 0 Å². The van der Waals surface area contributed by atoms with Crippen LogP contribution in [0.2, 0.25) is 0 Å². The normalized spacial score (nSPS) is 10.6. The van der Waals surface area contributed by atoms with Crippen molar-refractivity contribution < 1.29 is 9.18 Å². The summed E-state index contributed by atoms with van der Waals surface area (Å²) < 4.78 is 17.2. The van der Waals surface area contributed by atoms with E-state index in [1.54, 1.807) is 53.9 Å². The lowest BCUT2D eigenvalue weighted by atomic mass is 10.2. The van der Waals surface area contributed by atoms with E-state index in [9.17, 15) is 9.18 Å². The second kappa shape index (κ2) is 6.53. The van der Waals surface area contributed by atoms with E-state index in [-0.39, 0.29) is 11.8 Å². The summed E-state index contributed by atoms with van der Waals surface area (Å²) in [5.41, 5.74) is 0.878. The van der Waals surface area contributed by atoms with Crippen LogP contribution < -0.4 is 5.32 Å². The molecule has 2 heterocycles. The molecular formula is C16H17FN6O. The Bertz CT molecular complexity index is 842. The Kier molecular flexibility index (Phi) is 4.28. The fourth-order valence-electron chi connectivity index (χ4n) is 2.25. The highest BCUT2D eigenvalue weighted by molar-refractivity contribution is 5.89. The van der Waals surface area contributed by atoms with Crippen molar-refractivity contribution in [1.29, 1.82) is 0 Å². The maximum Gasteiger partial charge on any atom is 0.321 e. The summed E-state index contributed by atoms with van der Waals surface area (Å²) in [5.74, 6) is 0.302. The van der Waals surface area contributed by atoms with Crippen molar-refractivity contribution in [2.75, 3.05) is 12.4 Å². The number of carbonyl (C=O) groups is 1. The molecule has 0 saturated carbocycles. The smallest absolute Gasteiger partial charge is 0.321 e. The Morgan fingerprint density at radius 2 is 2.08 bits per heavy atom. The second-order valence-electron chi connectivity index (χ2n) is 5.34. The number of halogens is 1. The number of benzene rings is 1. The summed E-state index contributed by atoms with van der Waals surface area (Å²) in [6, 6.07) is 7.73. The molecule has 2 aromatic heterocycles. The number of urea groups is 1. The highest BCUT2D eigenvalue weighted by Gasteiger charge is 2.13. The van der Waals surface area contributed by atoms with Gasteiger partial charge in [0.05, 0.1) is 12.2 Å². The van der Waals surface area contributed by atoms with Crippen molar-refractivity contribution >= 4 is 11.7 Å². The van der Waals surface area contributed by atoms with Crippen molar-refractivity contribution in [2.24, 2.45) is 7.05 Å². The van der Waals surface area contributed by atoms with E-state index < -0.39 is 0 Å². The first-order chi connectivity index (χ1) is 11.5. The highest BCUT2D eigenvalue weighted by atomic mass is 19.1. The summed E-state index contributed by atoms with van der Waals surface area (Å²) in [5, 5.41) is 6.72. The van der Waals surface area contributed by atoms with E-state index >= 15 is 0 Å². The van der Waals surface area contributed by atoms with Crippen LogP contribution in [0.15, 0.2) is 49.1 Å². The molecule has 8 heteroatoms. The van der Waals surface area contributed by atoms with E-state index in [4.69, 9.17) is 0 Å². The topological polar surface area (TPSA) is 68.0 Å². The SMILES string of the molecule is CN(Cc1ncnn1C)C(=O)Nc1ccc(F)c(-n2cccc2)c1. The number of hydrogen-bond acceptors (Lipinski definition) is 3. The molecule has 3 aromatic rings. The monoisotopic (exact) mass is 328 g/mol. The standard InChI is InChI=1S/C16H17FN6O/c1-21(10-15-18-11-19-22(15)2)16(24)20-12-5-6-13(17)14(9-12)23-7-3-4-8-23/h3-9,11H,10H2,1-2H3,(H,20,24). The number of aryl methyl sites for hydroxylation is 1. The molecule has 0 radical (unpaired) electrons. The highest BCUT2D eigenvalue weighted by Crippen LogP contribution is 2.19. The lowest BCUT2D eigenvalue weighted by Crippen LogP contribution is -2.31. The maximum absolute atomic E-state index is 14.0. The molecule has 0 fully saturated rings. The molecule has 3 rings (SSSR count). The molecule has 2 amide bonds. The summed E-state index contributed by atoms with van der Waals surface area (Å²) in [7, 11) is 3.41. The van der Waals surface area contributed by atoms with Crippen molar-refractivity contribution in [2.45, 2.75) is 6.54 Å². The number of rotatable bonds is 4. The first-order valence-corrected chi connectivity index (χ1v) is 7.32. The van der Waals surface area contributed by atoms with Crippen LogP contribution in [0.3, 0.4) is 0 Å². The van der Waals surface area contributed by atoms with Crippen molar-refractivity contribution in [1.82, 2.24) is 24.2 Å². The summed E-state index contributed by atoms with van der Waals surface area (Å²) >= 11 is 0. The van der Waals surface area contributed by atoms with Crippen LogP contribution in [-0.4, -0.2) is 37.3 Å². The van der Waals surface area contributed by atoms with Gasteiger partial charge < -0.3 is 14.8 Å². The molecule has 0 aliphatic heterocycles. The van der Waals surface area contributed by atoms with Gasteiger partial charge in [-0.2, -0.15) is 5.10 Å². The fraction of sp³-hybridized carbons (Fsp3) is 0.188.